The van der Waals surface area contributed by atoms with Crippen LogP contribution in [0.25, 0.3) is 6.08 Å². The smallest absolute Gasteiger partial charge is 0.262 e. The molecule has 1 amide bonds. The van der Waals surface area contributed by atoms with Crippen molar-refractivity contribution in [1.29, 1.82) is 5.26 Å². The van der Waals surface area contributed by atoms with E-state index in [9.17, 15) is 4.79 Å². The lowest BCUT2D eigenvalue weighted by molar-refractivity contribution is -0.117. The normalized spacial score (nSPS) is 11.0. The first-order chi connectivity index (χ1) is 11.6. The summed E-state index contributed by atoms with van der Waals surface area (Å²) in [5, 5.41) is 11.8. The van der Waals surface area contributed by atoms with Gasteiger partial charge in [-0.1, -0.05) is 42.5 Å². The summed E-state index contributed by atoms with van der Waals surface area (Å²) in [6.07, 6.45) is 1.57. The third-order valence-corrected chi connectivity index (χ3v) is 3.22. The summed E-state index contributed by atoms with van der Waals surface area (Å²) in [6, 6.07) is 19.1. The molecule has 0 saturated heterocycles. The number of carbonyl (C=O) groups excluding carboxylic acids is 1. The second kappa shape index (κ2) is 8.54. The summed E-state index contributed by atoms with van der Waals surface area (Å²) in [5.74, 6) is 0.373. The highest BCUT2D eigenvalue weighted by Crippen LogP contribution is 2.16. The Balaban J connectivity index is 2.01. The summed E-state index contributed by atoms with van der Waals surface area (Å²) in [7, 11) is 0. The third kappa shape index (κ3) is 5.29. The zero-order valence-corrected chi connectivity index (χ0v) is 13.8. The fourth-order valence-corrected chi connectivity index (χ4v) is 2.06. The van der Waals surface area contributed by atoms with Crippen LogP contribution in [0.15, 0.2) is 60.2 Å². The molecule has 0 aliphatic heterocycles. The first-order valence-electron chi connectivity index (χ1n) is 7.78. The summed E-state index contributed by atoms with van der Waals surface area (Å²) in [6.45, 7) is 4.20. The van der Waals surface area contributed by atoms with Gasteiger partial charge >= 0.3 is 0 Å². The van der Waals surface area contributed by atoms with E-state index < -0.39 is 0 Å². The van der Waals surface area contributed by atoms with Gasteiger partial charge in [0.2, 0.25) is 0 Å². The molecule has 2 aromatic carbocycles. The molecule has 0 heterocycles. The molecule has 0 atom stereocenters. The van der Waals surface area contributed by atoms with Crippen molar-refractivity contribution < 1.29 is 9.53 Å². The number of ether oxygens (including phenoxy) is 1. The van der Waals surface area contributed by atoms with Gasteiger partial charge in [0.05, 0.1) is 0 Å². The van der Waals surface area contributed by atoms with Gasteiger partial charge in [0.25, 0.3) is 5.91 Å². The van der Waals surface area contributed by atoms with Crippen LogP contribution >= 0.6 is 0 Å². The molecule has 0 fully saturated rings. The average molecular weight is 320 g/mol. The number of amides is 1. The van der Waals surface area contributed by atoms with Crippen LogP contribution in [0.1, 0.15) is 25.0 Å². The van der Waals surface area contributed by atoms with Crippen molar-refractivity contribution in [1.82, 2.24) is 5.32 Å². The lowest BCUT2D eigenvalue weighted by Gasteiger charge is -2.08. The van der Waals surface area contributed by atoms with E-state index in [1.165, 1.54) is 0 Å². The Labute approximate surface area is 142 Å². The van der Waals surface area contributed by atoms with E-state index >= 15 is 0 Å². The Hall–Kier alpha value is -3.06. The van der Waals surface area contributed by atoms with E-state index in [1.807, 2.05) is 74.5 Å². The molecule has 24 heavy (non-hydrogen) atoms. The second-order valence-electron chi connectivity index (χ2n) is 5.64. The summed E-state index contributed by atoms with van der Waals surface area (Å²) in [4.78, 5) is 11.9. The monoisotopic (exact) mass is 320 g/mol. The number of rotatable bonds is 6. The maximum atomic E-state index is 11.9. The first-order valence-corrected chi connectivity index (χ1v) is 7.78. The number of benzene rings is 2. The van der Waals surface area contributed by atoms with Crippen LogP contribution in [-0.4, -0.2) is 11.9 Å². The van der Waals surface area contributed by atoms with E-state index in [1.54, 1.807) is 6.08 Å². The number of nitrogens with zero attached hydrogens (tertiary/aromatic N) is 1. The summed E-state index contributed by atoms with van der Waals surface area (Å²) in [5.41, 5.74) is 1.96. The van der Waals surface area contributed by atoms with E-state index in [4.69, 9.17) is 10.00 Å². The van der Waals surface area contributed by atoms with Gasteiger partial charge in [-0.05, 0) is 43.2 Å². The molecule has 0 aliphatic rings. The Bertz CT molecular complexity index is 741. The lowest BCUT2D eigenvalue weighted by atomic mass is 10.1. The Morgan fingerprint density at radius 3 is 2.42 bits per heavy atom. The fraction of sp³-hybridized carbons (Fsp3) is 0.200. The first kappa shape index (κ1) is 17.3. The molecule has 2 aromatic rings. The number of nitrogens with one attached hydrogen (secondary N) is 1. The van der Waals surface area contributed by atoms with Crippen molar-refractivity contribution in [3.63, 3.8) is 0 Å². The van der Waals surface area contributed by atoms with Gasteiger partial charge in [-0.3, -0.25) is 4.79 Å². The lowest BCUT2D eigenvalue weighted by Crippen LogP contribution is -2.30. The van der Waals surface area contributed by atoms with Crippen molar-refractivity contribution in [2.45, 2.75) is 26.5 Å². The van der Waals surface area contributed by atoms with E-state index in [0.29, 0.717) is 6.61 Å². The number of hydrogen-bond acceptors (Lipinski definition) is 3. The Kier molecular flexibility index (Phi) is 6.16. The third-order valence-electron chi connectivity index (χ3n) is 3.22. The van der Waals surface area contributed by atoms with Gasteiger partial charge in [0, 0.05) is 6.04 Å². The quantitative estimate of drug-likeness (QED) is 0.652. The minimum Gasteiger partial charge on any atom is -0.489 e. The minimum absolute atomic E-state index is 0.0111. The molecule has 0 aromatic heterocycles. The number of hydrogen-bond donors (Lipinski definition) is 1. The summed E-state index contributed by atoms with van der Waals surface area (Å²) < 4.78 is 5.71. The Morgan fingerprint density at radius 2 is 1.83 bits per heavy atom. The molecule has 1 N–H and O–H groups in total. The molecular formula is C20H20N2O2. The zero-order chi connectivity index (χ0) is 17.4. The largest absolute Gasteiger partial charge is 0.489 e. The zero-order valence-electron chi connectivity index (χ0n) is 13.8. The van der Waals surface area contributed by atoms with E-state index in [0.717, 1.165) is 16.9 Å². The van der Waals surface area contributed by atoms with Crippen molar-refractivity contribution in [3.8, 4) is 11.8 Å². The molecule has 0 aliphatic carbocycles. The Morgan fingerprint density at radius 1 is 1.17 bits per heavy atom. The highest BCUT2D eigenvalue weighted by molar-refractivity contribution is 6.01. The predicted octanol–water partition coefficient (Wildman–Crippen LogP) is 3.70. The number of nitriles is 1. The van der Waals surface area contributed by atoms with Crippen molar-refractivity contribution >= 4 is 12.0 Å². The molecule has 0 spiro atoms. The van der Waals surface area contributed by atoms with E-state index in [2.05, 4.69) is 5.32 Å². The van der Waals surface area contributed by atoms with E-state index in [-0.39, 0.29) is 17.5 Å². The van der Waals surface area contributed by atoms with Crippen LogP contribution in [0.4, 0.5) is 0 Å². The molecule has 0 saturated carbocycles. The molecule has 0 unspecified atom stereocenters. The van der Waals surface area contributed by atoms with Crippen LogP contribution < -0.4 is 10.1 Å². The molecular weight excluding hydrogens is 300 g/mol. The highest BCUT2D eigenvalue weighted by Gasteiger charge is 2.09. The molecule has 0 radical (unpaired) electrons. The van der Waals surface area contributed by atoms with Crippen LogP contribution in [0.2, 0.25) is 0 Å². The minimum atomic E-state index is -0.364. The fourth-order valence-electron chi connectivity index (χ4n) is 2.06. The van der Waals surface area contributed by atoms with Gasteiger partial charge < -0.3 is 10.1 Å². The topological polar surface area (TPSA) is 62.1 Å². The molecule has 2 rings (SSSR count). The van der Waals surface area contributed by atoms with Crippen LogP contribution in [0.3, 0.4) is 0 Å². The average Bonchev–Trinajstić information content (AvgIpc) is 2.59. The summed E-state index contributed by atoms with van der Waals surface area (Å²) >= 11 is 0. The van der Waals surface area contributed by atoms with Gasteiger partial charge in [-0.15, -0.1) is 0 Å². The molecule has 122 valence electrons. The van der Waals surface area contributed by atoms with Crippen LogP contribution in [0, 0.1) is 11.3 Å². The molecule has 4 heteroatoms. The second-order valence-corrected chi connectivity index (χ2v) is 5.64. The van der Waals surface area contributed by atoms with Crippen LogP contribution in [-0.2, 0) is 11.4 Å². The maximum absolute atomic E-state index is 11.9. The van der Waals surface area contributed by atoms with Crippen molar-refractivity contribution in [2.75, 3.05) is 0 Å². The predicted molar refractivity (Wildman–Crippen MR) is 94.1 cm³/mol. The highest BCUT2D eigenvalue weighted by atomic mass is 16.5. The standard InChI is InChI=1S/C20H20N2O2/c1-15(2)22-20(23)18(13-21)12-16-8-10-19(11-9-16)24-14-17-6-4-3-5-7-17/h3-12,15H,14H2,1-2H3,(H,22,23)/b18-12+. The maximum Gasteiger partial charge on any atom is 0.262 e. The van der Waals surface area contributed by atoms with Gasteiger partial charge in [0.15, 0.2) is 0 Å². The van der Waals surface area contributed by atoms with Gasteiger partial charge in [0.1, 0.15) is 24.0 Å². The SMILES string of the molecule is CC(C)NC(=O)/C(C#N)=C/c1ccc(OCc2ccccc2)cc1. The van der Waals surface area contributed by atoms with Crippen molar-refractivity contribution in [3.05, 3.63) is 71.3 Å². The molecule has 4 nitrogen and oxygen atoms in total. The molecule has 0 bridgehead atoms. The number of carbonyl (C=O) groups is 1. The van der Waals surface area contributed by atoms with Crippen molar-refractivity contribution in [2.24, 2.45) is 0 Å². The van der Waals surface area contributed by atoms with Crippen LogP contribution in [0.5, 0.6) is 5.75 Å². The van der Waals surface area contributed by atoms with Gasteiger partial charge in [-0.2, -0.15) is 5.26 Å². The van der Waals surface area contributed by atoms with Gasteiger partial charge in [-0.25, -0.2) is 0 Å².